The van der Waals surface area contributed by atoms with Crippen LogP contribution in [0, 0.1) is 17.0 Å². The van der Waals surface area contributed by atoms with Crippen LogP contribution in [0.3, 0.4) is 0 Å². The molecule has 0 aliphatic carbocycles. The normalized spacial score (nSPS) is 10.3. The lowest BCUT2D eigenvalue weighted by atomic mass is 10.3. The summed E-state index contributed by atoms with van der Waals surface area (Å²) in [5, 5.41) is 11.3. The molecule has 5 nitrogen and oxygen atoms in total. The van der Waals surface area contributed by atoms with E-state index >= 15 is 0 Å². The minimum Gasteiger partial charge on any atom is -0.258 e. The number of rotatable bonds is 3. The van der Waals surface area contributed by atoms with E-state index in [9.17, 15) is 10.1 Å². The zero-order valence-electron chi connectivity index (χ0n) is 9.33. The van der Waals surface area contributed by atoms with Crippen LogP contribution in [0.2, 0.25) is 0 Å². The van der Waals surface area contributed by atoms with Crippen LogP contribution in [0.5, 0.6) is 0 Å². The molecule has 18 heavy (non-hydrogen) atoms. The second kappa shape index (κ2) is 5.45. The number of hydrogen-bond donors (Lipinski definition) is 0. The predicted octanol–water partition coefficient (Wildman–Crippen LogP) is 3.61. The van der Waals surface area contributed by atoms with Crippen LogP contribution >= 0.6 is 27.7 Å². The molecule has 0 spiro atoms. The van der Waals surface area contributed by atoms with Gasteiger partial charge in [-0.3, -0.25) is 10.1 Å². The van der Waals surface area contributed by atoms with Gasteiger partial charge in [0.1, 0.15) is 15.5 Å². The number of nitro benzene ring substituents is 1. The van der Waals surface area contributed by atoms with Gasteiger partial charge in [0.25, 0.3) is 5.69 Å². The topological polar surface area (TPSA) is 68.9 Å². The van der Waals surface area contributed by atoms with Gasteiger partial charge in [0.15, 0.2) is 0 Å². The molecule has 1 aromatic heterocycles. The molecule has 0 N–H and O–H groups in total. The number of aromatic nitrogens is 2. The molecular formula is C11H8BrN3O2S. The number of nitrogens with zero attached hydrogens (tertiary/aromatic N) is 3. The third-order valence-corrected chi connectivity index (χ3v) is 3.39. The first-order valence-electron chi connectivity index (χ1n) is 4.98. The number of benzene rings is 1. The molecule has 0 fully saturated rings. The Morgan fingerprint density at radius 3 is 2.50 bits per heavy atom. The predicted molar refractivity (Wildman–Crippen MR) is 71.7 cm³/mol. The van der Waals surface area contributed by atoms with Gasteiger partial charge in [0.2, 0.25) is 0 Å². The third-order valence-electron chi connectivity index (χ3n) is 2.05. The fourth-order valence-corrected chi connectivity index (χ4v) is 2.80. The molecule has 0 atom stereocenters. The molecular weight excluding hydrogens is 318 g/mol. The summed E-state index contributed by atoms with van der Waals surface area (Å²) < 4.78 is 0.722. The highest BCUT2D eigenvalue weighted by Gasteiger charge is 2.06. The van der Waals surface area contributed by atoms with Gasteiger partial charge in [-0.25, -0.2) is 9.97 Å². The average Bonchev–Trinajstić information content (AvgIpc) is 2.28. The number of hydrogen-bond acceptors (Lipinski definition) is 5. The van der Waals surface area contributed by atoms with Crippen molar-refractivity contribution in [1.29, 1.82) is 0 Å². The minimum absolute atomic E-state index is 0.0828. The van der Waals surface area contributed by atoms with Crippen LogP contribution in [0.15, 0.2) is 44.9 Å². The van der Waals surface area contributed by atoms with Crippen molar-refractivity contribution < 1.29 is 4.92 Å². The maximum atomic E-state index is 10.5. The number of non-ortho nitro benzene ring substituents is 1. The van der Waals surface area contributed by atoms with Gasteiger partial charge in [0.05, 0.1) is 4.92 Å². The third kappa shape index (κ3) is 3.27. The van der Waals surface area contributed by atoms with Crippen molar-refractivity contribution in [2.45, 2.75) is 16.8 Å². The van der Waals surface area contributed by atoms with Crippen LogP contribution in [-0.4, -0.2) is 14.9 Å². The zero-order chi connectivity index (χ0) is 13.1. The van der Waals surface area contributed by atoms with E-state index in [0.717, 1.165) is 14.5 Å². The van der Waals surface area contributed by atoms with Crippen molar-refractivity contribution in [3.05, 3.63) is 50.9 Å². The largest absolute Gasteiger partial charge is 0.269 e. The maximum absolute atomic E-state index is 10.5. The average molecular weight is 326 g/mol. The van der Waals surface area contributed by atoms with Crippen LogP contribution in [-0.2, 0) is 0 Å². The Hall–Kier alpha value is -1.47. The molecule has 1 aromatic carbocycles. The summed E-state index contributed by atoms with van der Waals surface area (Å²) in [4.78, 5) is 19.4. The summed E-state index contributed by atoms with van der Waals surface area (Å²) in [5.41, 5.74) is 0.0828. The fraction of sp³-hybridized carbons (Fsp3) is 0.0909. The molecule has 92 valence electrons. The van der Waals surface area contributed by atoms with Crippen LogP contribution < -0.4 is 0 Å². The van der Waals surface area contributed by atoms with E-state index in [-0.39, 0.29) is 5.69 Å². The standard InChI is InChI=1S/C11H8BrN3O2S/c1-7-13-10(12)6-11(14-7)18-9-4-2-8(3-5-9)15(16)17/h2-6H,1H3. The summed E-state index contributed by atoms with van der Waals surface area (Å²) >= 11 is 4.74. The van der Waals surface area contributed by atoms with Crippen LogP contribution in [0.25, 0.3) is 0 Å². The molecule has 7 heteroatoms. The van der Waals surface area contributed by atoms with E-state index in [0.29, 0.717) is 5.82 Å². The van der Waals surface area contributed by atoms with Crippen LogP contribution in [0.1, 0.15) is 5.82 Å². The Morgan fingerprint density at radius 2 is 1.94 bits per heavy atom. The highest BCUT2D eigenvalue weighted by atomic mass is 79.9. The molecule has 0 unspecified atom stereocenters. The van der Waals surface area contributed by atoms with Crippen molar-refractivity contribution in [3.8, 4) is 0 Å². The van der Waals surface area contributed by atoms with Crippen LogP contribution in [0.4, 0.5) is 5.69 Å². The molecule has 0 amide bonds. The Morgan fingerprint density at radius 1 is 1.28 bits per heavy atom. The number of nitro groups is 1. The second-order valence-corrected chi connectivity index (χ2v) is 5.34. The Labute approximate surface area is 116 Å². The molecule has 0 aliphatic rings. The smallest absolute Gasteiger partial charge is 0.258 e. The van der Waals surface area contributed by atoms with E-state index < -0.39 is 4.92 Å². The monoisotopic (exact) mass is 325 g/mol. The van der Waals surface area contributed by atoms with Gasteiger partial charge >= 0.3 is 0 Å². The molecule has 2 aromatic rings. The van der Waals surface area contributed by atoms with E-state index in [1.165, 1.54) is 23.9 Å². The Kier molecular flexibility index (Phi) is 3.93. The Balaban J connectivity index is 2.20. The highest BCUT2D eigenvalue weighted by molar-refractivity contribution is 9.10. The lowest BCUT2D eigenvalue weighted by Crippen LogP contribution is -1.90. The van der Waals surface area contributed by atoms with Gasteiger partial charge in [-0.1, -0.05) is 11.8 Å². The Bertz CT molecular complexity index is 569. The van der Waals surface area contributed by atoms with Gasteiger partial charge in [-0.2, -0.15) is 0 Å². The van der Waals surface area contributed by atoms with Gasteiger partial charge in [0, 0.05) is 23.1 Å². The zero-order valence-corrected chi connectivity index (χ0v) is 11.7. The molecule has 0 radical (unpaired) electrons. The van der Waals surface area contributed by atoms with Gasteiger partial charge in [-0.05, 0) is 35.0 Å². The van der Waals surface area contributed by atoms with Gasteiger partial charge in [-0.15, -0.1) is 0 Å². The lowest BCUT2D eigenvalue weighted by Gasteiger charge is -2.02. The first-order chi connectivity index (χ1) is 8.54. The van der Waals surface area contributed by atoms with Gasteiger partial charge < -0.3 is 0 Å². The van der Waals surface area contributed by atoms with E-state index in [1.54, 1.807) is 18.2 Å². The van der Waals surface area contributed by atoms with E-state index in [2.05, 4.69) is 25.9 Å². The summed E-state index contributed by atoms with van der Waals surface area (Å²) in [5.74, 6) is 0.675. The number of halogens is 1. The van der Waals surface area contributed by atoms with E-state index in [4.69, 9.17) is 0 Å². The molecule has 1 heterocycles. The quantitative estimate of drug-likeness (QED) is 0.490. The SMILES string of the molecule is Cc1nc(Br)cc(Sc2ccc([N+](=O)[O-])cc2)n1. The number of aryl methyl sites for hydroxylation is 1. The fourth-order valence-electron chi connectivity index (χ4n) is 1.31. The van der Waals surface area contributed by atoms with Crippen molar-refractivity contribution in [3.63, 3.8) is 0 Å². The molecule has 0 saturated heterocycles. The van der Waals surface area contributed by atoms with Crippen molar-refractivity contribution in [2.75, 3.05) is 0 Å². The first-order valence-corrected chi connectivity index (χ1v) is 6.59. The summed E-state index contributed by atoms with van der Waals surface area (Å²) in [6.07, 6.45) is 0. The maximum Gasteiger partial charge on any atom is 0.269 e. The van der Waals surface area contributed by atoms with E-state index in [1.807, 2.05) is 6.92 Å². The lowest BCUT2D eigenvalue weighted by molar-refractivity contribution is -0.384. The molecule has 0 aliphatic heterocycles. The second-order valence-electron chi connectivity index (χ2n) is 3.43. The van der Waals surface area contributed by atoms with Crippen molar-refractivity contribution in [1.82, 2.24) is 9.97 Å². The first kappa shape index (κ1) is 13.0. The molecule has 0 saturated carbocycles. The highest BCUT2D eigenvalue weighted by Crippen LogP contribution is 2.28. The molecule has 2 rings (SSSR count). The molecule has 0 bridgehead atoms. The summed E-state index contributed by atoms with van der Waals surface area (Å²) in [7, 11) is 0. The summed E-state index contributed by atoms with van der Waals surface area (Å²) in [6.45, 7) is 1.81. The summed E-state index contributed by atoms with van der Waals surface area (Å²) in [6, 6.07) is 8.16. The minimum atomic E-state index is -0.417. The van der Waals surface area contributed by atoms with Crippen molar-refractivity contribution >= 4 is 33.4 Å². The van der Waals surface area contributed by atoms with Crippen molar-refractivity contribution in [2.24, 2.45) is 0 Å².